The molecule has 0 bridgehead atoms. The molecule has 0 aliphatic rings. The number of nitrogens with zero attached hydrogens (tertiary/aromatic N) is 2. The van der Waals surface area contributed by atoms with Gasteiger partial charge in [0.05, 0.1) is 4.90 Å². The lowest BCUT2D eigenvalue weighted by atomic mass is 10.2. The fourth-order valence-corrected chi connectivity index (χ4v) is 2.76. The van der Waals surface area contributed by atoms with Crippen LogP contribution in [0, 0.1) is 0 Å². The van der Waals surface area contributed by atoms with E-state index in [1.54, 1.807) is 19.3 Å². The van der Waals surface area contributed by atoms with E-state index in [1.807, 2.05) is 12.1 Å². The summed E-state index contributed by atoms with van der Waals surface area (Å²) in [4.78, 5) is 17.4. The average molecular weight is 354 g/mol. The highest BCUT2D eigenvalue weighted by molar-refractivity contribution is 7.91. The number of amides is 1. The van der Waals surface area contributed by atoms with Crippen LogP contribution < -0.4 is 0 Å². The zero-order valence-corrected chi connectivity index (χ0v) is 13.7. The number of hydrogen-bond acceptors (Lipinski definition) is 4. The predicted octanol–water partition coefficient (Wildman–Crippen LogP) is 2.39. The number of aromatic nitrogens is 1. The number of carbonyl (C=O) groups excluding carboxylic acids is 1. The Bertz CT molecular complexity index is 794. The molecular weight excluding hydrogens is 338 g/mol. The maximum absolute atomic E-state index is 12.5. The first kappa shape index (κ1) is 18.0. The van der Waals surface area contributed by atoms with Crippen molar-refractivity contribution in [1.82, 2.24) is 9.88 Å². The number of rotatable bonds is 6. The molecule has 0 atom stereocenters. The topological polar surface area (TPSA) is 67.3 Å². The van der Waals surface area contributed by atoms with Gasteiger partial charge in [0, 0.05) is 37.5 Å². The van der Waals surface area contributed by atoms with Gasteiger partial charge in [0.1, 0.15) is 0 Å². The lowest BCUT2D eigenvalue weighted by Gasteiger charge is -2.17. The summed E-state index contributed by atoms with van der Waals surface area (Å²) in [7, 11) is -3.05. The smallest absolute Gasteiger partial charge is 0.341 e. The number of carbonyl (C=O) groups is 1. The van der Waals surface area contributed by atoms with Gasteiger partial charge in [0.15, 0.2) is 0 Å². The first-order chi connectivity index (χ1) is 11.3. The number of pyridine rings is 1. The van der Waals surface area contributed by atoms with E-state index in [1.165, 1.54) is 17.0 Å². The van der Waals surface area contributed by atoms with Crippen molar-refractivity contribution < 1.29 is 22.0 Å². The molecule has 5 nitrogen and oxygen atoms in total. The van der Waals surface area contributed by atoms with E-state index in [9.17, 15) is 22.0 Å². The third-order valence-corrected chi connectivity index (χ3v) is 4.84. The fourth-order valence-electron chi connectivity index (χ4n) is 2.04. The first-order valence-electron chi connectivity index (χ1n) is 7.10. The Labute approximate surface area is 138 Å². The highest BCUT2D eigenvalue weighted by Crippen LogP contribution is 2.19. The van der Waals surface area contributed by atoms with Crippen LogP contribution in [0.2, 0.25) is 0 Å². The van der Waals surface area contributed by atoms with E-state index < -0.39 is 20.5 Å². The minimum Gasteiger partial charge on any atom is -0.341 e. The van der Waals surface area contributed by atoms with Crippen molar-refractivity contribution in [2.75, 3.05) is 13.6 Å². The van der Waals surface area contributed by atoms with Gasteiger partial charge in [-0.3, -0.25) is 9.78 Å². The van der Waals surface area contributed by atoms with Gasteiger partial charge in [-0.2, -0.15) is 8.78 Å². The van der Waals surface area contributed by atoms with Crippen LogP contribution in [0.3, 0.4) is 0 Å². The molecule has 1 aromatic carbocycles. The van der Waals surface area contributed by atoms with Crippen molar-refractivity contribution in [2.45, 2.75) is 17.1 Å². The molecule has 0 radical (unpaired) electrons. The average Bonchev–Trinajstić information content (AvgIpc) is 2.60. The zero-order chi connectivity index (χ0) is 17.7. The van der Waals surface area contributed by atoms with Crippen molar-refractivity contribution in [2.24, 2.45) is 0 Å². The van der Waals surface area contributed by atoms with Crippen LogP contribution in [0.4, 0.5) is 8.78 Å². The van der Waals surface area contributed by atoms with Crippen LogP contribution in [0.15, 0.2) is 53.6 Å². The highest BCUT2D eigenvalue weighted by Gasteiger charge is 2.26. The molecule has 24 heavy (non-hydrogen) atoms. The van der Waals surface area contributed by atoms with Crippen LogP contribution in [0.25, 0.3) is 0 Å². The molecule has 8 heteroatoms. The molecule has 2 aromatic rings. The van der Waals surface area contributed by atoms with E-state index >= 15 is 0 Å². The second-order valence-corrected chi connectivity index (χ2v) is 7.05. The van der Waals surface area contributed by atoms with Crippen molar-refractivity contribution in [1.29, 1.82) is 0 Å². The molecule has 0 saturated heterocycles. The summed E-state index contributed by atoms with van der Waals surface area (Å²) in [6, 6.07) is 9.99. The van der Waals surface area contributed by atoms with Crippen LogP contribution in [0.5, 0.6) is 0 Å². The number of halogens is 2. The van der Waals surface area contributed by atoms with Gasteiger partial charge in [-0.05, 0) is 36.4 Å². The molecule has 0 N–H and O–H groups in total. The fraction of sp³-hybridized carbons (Fsp3) is 0.250. The lowest BCUT2D eigenvalue weighted by Crippen LogP contribution is -2.29. The van der Waals surface area contributed by atoms with Gasteiger partial charge in [0.2, 0.25) is 9.84 Å². The van der Waals surface area contributed by atoms with E-state index in [4.69, 9.17) is 0 Å². The Balaban J connectivity index is 2.04. The molecule has 0 aliphatic heterocycles. The molecule has 0 spiro atoms. The third-order valence-electron chi connectivity index (χ3n) is 3.44. The van der Waals surface area contributed by atoms with Crippen molar-refractivity contribution in [3.05, 3.63) is 59.9 Å². The van der Waals surface area contributed by atoms with Crippen molar-refractivity contribution >= 4 is 15.7 Å². The molecule has 1 aromatic heterocycles. The first-order valence-corrected chi connectivity index (χ1v) is 8.64. The quantitative estimate of drug-likeness (QED) is 0.799. The monoisotopic (exact) mass is 354 g/mol. The lowest BCUT2D eigenvalue weighted by molar-refractivity contribution is 0.0796. The summed E-state index contributed by atoms with van der Waals surface area (Å²) in [5.41, 5.74) is 1.07. The molecule has 128 valence electrons. The van der Waals surface area contributed by atoms with Gasteiger partial charge in [-0.15, -0.1) is 0 Å². The maximum atomic E-state index is 12.5. The largest absolute Gasteiger partial charge is 0.341 e. The van der Waals surface area contributed by atoms with E-state index in [-0.39, 0.29) is 11.5 Å². The molecule has 2 rings (SSSR count). The Kier molecular flexibility index (Phi) is 5.61. The predicted molar refractivity (Wildman–Crippen MR) is 84.5 cm³/mol. The van der Waals surface area contributed by atoms with Gasteiger partial charge in [0.25, 0.3) is 5.91 Å². The Hall–Kier alpha value is -2.35. The summed E-state index contributed by atoms with van der Waals surface area (Å²) in [5.74, 6) is -3.81. The van der Waals surface area contributed by atoms with E-state index in [0.717, 1.165) is 17.8 Å². The van der Waals surface area contributed by atoms with Crippen molar-refractivity contribution in [3.8, 4) is 0 Å². The Morgan fingerprint density at radius 3 is 2.38 bits per heavy atom. The number of likely N-dealkylation sites (N-methyl/N-ethyl adjacent to an activating group) is 1. The molecular formula is C16H16F2N2O3S. The van der Waals surface area contributed by atoms with Gasteiger partial charge in [-0.1, -0.05) is 6.07 Å². The van der Waals surface area contributed by atoms with Crippen LogP contribution in [0.1, 0.15) is 16.1 Å². The normalized spacial score (nSPS) is 11.5. The summed E-state index contributed by atoms with van der Waals surface area (Å²) in [5, 5.41) is 0. The molecule has 0 fully saturated rings. The molecule has 0 unspecified atom stereocenters. The number of benzene rings is 1. The van der Waals surface area contributed by atoms with Crippen LogP contribution in [-0.4, -0.2) is 43.6 Å². The minimum atomic E-state index is -4.65. The van der Waals surface area contributed by atoms with Crippen molar-refractivity contribution in [3.63, 3.8) is 0 Å². The standard InChI is InChI=1S/C16H16F2N2O3S/c1-20(11-9-13-4-2-3-10-19-13)15(21)12-5-7-14(8-6-12)24(22,23)16(17)18/h2-8,10,16H,9,11H2,1H3. The van der Waals surface area contributed by atoms with E-state index in [0.29, 0.717) is 13.0 Å². The zero-order valence-electron chi connectivity index (χ0n) is 12.9. The Morgan fingerprint density at radius 2 is 1.83 bits per heavy atom. The SMILES string of the molecule is CN(CCc1ccccn1)C(=O)c1ccc(S(=O)(=O)C(F)F)cc1. The minimum absolute atomic E-state index is 0.228. The molecule has 0 aliphatic carbocycles. The summed E-state index contributed by atoms with van der Waals surface area (Å²) >= 11 is 0. The van der Waals surface area contributed by atoms with Gasteiger partial charge < -0.3 is 4.90 Å². The molecule has 0 saturated carbocycles. The summed E-state index contributed by atoms with van der Waals surface area (Å²) in [6.45, 7) is 0.424. The summed E-state index contributed by atoms with van der Waals surface area (Å²) < 4.78 is 47.7. The van der Waals surface area contributed by atoms with Crippen LogP contribution in [-0.2, 0) is 16.3 Å². The third kappa shape index (κ3) is 4.14. The number of sulfone groups is 1. The van der Waals surface area contributed by atoms with Gasteiger partial charge in [-0.25, -0.2) is 8.42 Å². The highest BCUT2D eigenvalue weighted by atomic mass is 32.2. The number of alkyl halides is 2. The molecule has 1 heterocycles. The molecule has 1 amide bonds. The van der Waals surface area contributed by atoms with Crippen LogP contribution >= 0.6 is 0 Å². The maximum Gasteiger partial charge on any atom is 0.341 e. The Morgan fingerprint density at radius 1 is 1.17 bits per heavy atom. The number of hydrogen-bond donors (Lipinski definition) is 0. The van der Waals surface area contributed by atoms with Gasteiger partial charge >= 0.3 is 5.76 Å². The second-order valence-electron chi connectivity index (χ2n) is 5.13. The summed E-state index contributed by atoms with van der Waals surface area (Å²) in [6.07, 6.45) is 2.24. The van der Waals surface area contributed by atoms with E-state index in [2.05, 4.69) is 4.98 Å². The second kappa shape index (κ2) is 7.48.